The molecule has 3 nitrogen and oxygen atoms in total. The summed E-state index contributed by atoms with van der Waals surface area (Å²) in [5, 5.41) is 10.1. The Kier molecular flexibility index (Phi) is 4.69. The number of ether oxygens (including phenoxy) is 1. The molecule has 0 radical (unpaired) electrons. The molecule has 11 heavy (non-hydrogen) atoms. The first kappa shape index (κ1) is 10.3. The molecule has 0 heterocycles. The van der Waals surface area contributed by atoms with E-state index in [1.165, 1.54) is 7.11 Å². The molecule has 0 saturated carbocycles. The Morgan fingerprint density at radius 2 is 2.27 bits per heavy atom. The summed E-state index contributed by atoms with van der Waals surface area (Å²) in [5.74, 6) is -3.02. The standard InChI is InChI=1S/C6H11F2NO2/c1-11-4-2-3-6(7,8)5-9-10/h5,10H,2-4H2,1H3. The lowest BCUT2D eigenvalue weighted by atomic mass is 10.2. The average Bonchev–Trinajstić information content (AvgIpc) is 1.87. The van der Waals surface area contributed by atoms with Gasteiger partial charge in [0, 0.05) is 20.1 Å². The van der Waals surface area contributed by atoms with Crippen molar-refractivity contribution in [2.75, 3.05) is 13.7 Å². The van der Waals surface area contributed by atoms with Gasteiger partial charge in [0.15, 0.2) is 0 Å². The lowest BCUT2D eigenvalue weighted by Crippen LogP contribution is -2.18. The first-order valence-electron chi connectivity index (χ1n) is 3.18. The molecule has 0 spiro atoms. The molecule has 0 aliphatic carbocycles. The molecule has 0 aromatic rings. The van der Waals surface area contributed by atoms with Crippen LogP contribution in [0.1, 0.15) is 12.8 Å². The van der Waals surface area contributed by atoms with Crippen molar-refractivity contribution < 1.29 is 18.7 Å². The van der Waals surface area contributed by atoms with Crippen LogP contribution in [0.5, 0.6) is 0 Å². The lowest BCUT2D eigenvalue weighted by molar-refractivity contribution is 0.0578. The van der Waals surface area contributed by atoms with Gasteiger partial charge in [0.1, 0.15) is 6.21 Å². The van der Waals surface area contributed by atoms with E-state index in [2.05, 4.69) is 9.89 Å². The summed E-state index contributed by atoms with van der Waals surface area (Å²) in [6, 6.07) is 0. The van der Waals surface area contributed by atoms with E-state index in [4.69, 9.17) is 5.21 Å². The average molecular weight is 167 g/mol. The third kappa shape index (κ3) is 5.72. The maximum absolute atomic E-state index is 12.4. The Morgan fingerprint density at radius 3 is 2.73 bits per heavy atom. The number of nitrogens with zero attached hydrogens (tertiary/aromatic N) is 1. The Bertz CT molecular complexity index is 128. The van der Waals surface area contributed by atoms with Crippen LogP contribution in [-0.2, 0) is 4.74 Å². The fourth-order valence-electron chi connectivity index (χ4n) is 0.601. The van der Waals surface area contributed by atoms with E-state index >= 15 is 0 Å². The summed E-state index contributed by atoms with van der Waals surface area (Å²) in [7, 11) is 1.44. The van der Waals surface area contributed by atoms with E-state index < -0.39 is 5.92 Å². The zero-order valence-electron chi connectivity index (χ0n) is 6.26. The zero-order valence-corrected chi connectivity index (χ0v) is 6.26. The molecule has 0 aromatic carbocycles. The van der Waals surface area contributed by atoms with Crippen molar-refractivity contribution in [2.45, 2.75) is 18.8 Å². The maximum atomic E-state index is 12.4. The summed E-state index contributed by atoms with van der Waals surface area (Å²) in [5.41, 5.74) is 0. The molecule has 0 aliphatic heterocycles. The maximum Gasteiger partial charge on any atom is 0.286 e. The molecule has 0 saturated heterocycles. The monoisotopic (exact) mass is 167 g/mol. The molecule has 0 bridgehead atoms. The zero-order chi connectivity index (χ0) is 8.74. The van der Waals surface area contributed by atoms with Crippen LogP contribution >= 0.6 is 0 Å². The molecule has 0 unspecified atom stereocenters. The van der Waals surface area contributed by atoms with Crippen molar-refractivity contribution in [3.05, 3.63) is 0 Å². The van der Waals surface area contributed by atoms with Gasteiger partial charge in [-0.05, 0) is 6.42 Å². The van der Waals surface area contributed by atoms with Gasteiger partial charge in [-0.2, -0.15) is 0 Å². The van der Waals surface area contributed by atoms with Crippen LogP contribution in [0.3, 0.4) is 0 Å². The first-order valence-corrected chi connectivity index (χ1v) is 3.18. The van der Waals surface area contributed by atoms with E-state index in [0.717, 1.165) is 0 Å². The number of methoxy groups -OCH3 is 1. The number of alkyl halides is 2. The Morgan fingerprint density at radius 1 is 1.64 bits per heavy atom. The summed E-state index contributed by atoms with van der Waals surface area (Å²) in [4.78, 5) is 0. The molecule has 5 heteroatoms. The minimum Gasteiger partial charge on any atom is -0.411 e. The van der Waals surface area contributed by atoms with Crippen molar-refractivity contribution in [1.82, 2.24) is 0 Å². The van der Waals surface area contributed by atoms with E-state index in [0.29, 0.717) is 0 Å². The van der Waals surface area contributed by atoms with Crippen molar-refractivity contribution in [2.24, 2.45) is 5.16 Å². The first-order chi connectivity index (χ1) is 5.12. The van der Waals surface area contributed by atoms with Crippen LogP contribution in [0.25, 0.3) is 0 Å². The van der Waals surface area contributed by atoms with E-state index in [1.54, 1.807) is 0 Å². The van der Waals surface area contributed by atoms with Gasteiger partial charge < -0.3 is 9.94 Å². The predicted octanol–water partition coefficient (Wildman–Crippen LogP) is 1.51. The van der Waals surface area contributed by atoms with Gasteiger partial charge in [0.05, 0.1) is 0 Å². The highest BCUT2D eigenvalue weighted by Gasteiger charge is 2.25. The number of rotatable bonds is 5. The molecule has 0 fully saturated rings. The normalized spacial score (nSPS) is 12.6. The molecule has 66 valence electrons. The minimum atomic E-state index is -3.02. The third-order valence-corrected chi connectivity index (χ3v) is 1.11. The number of hydrogen-bond donors (Lipinski definition) is 1. The largest absolute Gasteiger partial charge is 0.411 e. The van der Waals surface area contributed by atoms with Gasteiger partial charge in [-0.25, -0.2) is 8.78 Å². The Balaban J connectivity index is 3.55. The van der Waals surface area contributed by atoms with Crippen LogP contribution < -0.4 is 0 Å². The van der Waals surface area contributed by atoms with Gasteiger partial charge in [0.25, 0.3) is 5.92 Å². The molecule has 0 aliphatic rings. The van der Waals surface area contributed by atoms with Gasteiger partial charge >= 0.3 is 0 Å². The van der Waals surface area contributed by atoms with Gasteiger partial charge in [-0.1, -0.05) is 5.16 Å². The molecule has 0 atom stereocenters. The van der Waals surface area contributed by atoms with Crippen LogP contribution in [0.2, 0.25) is 0 Å². The Hall–Kier alpha value is -0.710. The second kappa shape index (κ2) is 5.01. The highest BCUT2D eigenvalue weighted by Crippen LogP contribution is 2.17. The lowest BCUT2D eigenvalue weighted by Gasteiger charge is -2.08. The van der Waals surface area contributed by atoms with Crippen LogP contribution in [0.15, 0.2) is 5.16 Å². The van der Waals surface area contributed by atoms with Gasteiger partial charge in [0.2, 0.25) is 0 Å². The molecule has 1 N–H and O–H groups in total. The summed E-state index contributed by atoms with van der Waals surface area (Å²) < 4.78 is 29.3. The van der Waals surface area contributed by atoms with Gasteiger partial charge in [-0.3, -0.25) is 0 Å². The van der Waals surface area contributed by atoms with Crippen LogP contribution in [0, 0.1) is 0 Å². The van der Waals surface area contributed by atoms with Crippen LogP contribution in [-0.4, -0.2) is 31.1 Å². The SMILES string of the molecule is COCCCC(F)(F)C=NO. The molecular weight excluding hydrogens is 156 g/mol. The number of halogens is 2. The van der Waals surface area contributed by atoms with Gasteiger partial charge in [-0.15, -0.1) is 0 Å². The molecule has 0 aromatic heterocycles. The van der Waals surface area contributed by atoms with Crippen molar-refractivity contribution in [3.63, 3.8) is 0 Å². The van der Waals surface area contributed by atoms with E-state index in [9.17, 15) is 8.78 Å². The van der Waals surface area contributed by atoms with E-state index in [1.807, 2.05) is 0 Å². The summed E-state index contributed by atoms with van der Waals surface area (Å²) >= 11 is 0. The second-order valence-corrected chi connectivity index (χ2v) is 2.10. The molecule has 0 amide bonds. The third-order valence-electron chi connectivity index (χ3n) is 1.11. The fourth-order valence-corrected chi connectivity index (χ4v) is 0.601. The minimum absolute atomic E-state index is 0.225. The number of oxime groups is 1. The smallest absolute Gasteiger partial charge is 0.286 e. The predicted molar refractivity (Wildman–Crippen MR) is 36.3 cm³/mol. The second-order valence-electron chi connectivity index (χ2n) is 2.10. The van der Waals surface area contributed by atoms with Crippen molar-refractivity contribution in [3.8, 4) is 0 Å². The fraction of sp³-hybridized carbons (Fsp3) is 0.833. The highest BCUT2D eigenvalue weighted by atomic mass is 19.3. The molecule has 0 rings (SSSR count). The summed E-state index contributed by atoms with van der Waals surface area (Å²) in [6.07, 6.45) is 0.114. The Labute approximate surface area is 63.7 Å². The quantitative estimate of drug-likeness (QED) is 0.292. The summed E-state index contributed by atoms with van der Waals surface area (Å²) in [6.45, 7) is 0.287. The highest BCUT2D eigenvalue weighted by molar-refractivity contribution is 5.65. The van der Waals surface area contributed by atoms with Crippen LogP contribution in [0.4, 0.5) is 8.78 Å². The van der Waals surface area contributed by atoms with Crippen molar-refractivity contribution in [1.29, 1.82) is 0 Å². The topological polar surface area (TPSA) is 41.8 Å². The number of hydrogen-bond acceptors (Lipinski definition) is 3. The van der Waals surface area contributed by atoms with E-state index in [-0.39, 0.29) is 25.7 Å². The molecular formula is C6H11F2NO2. The van der Waals surface area contributed by atoms with Crippen molar-refractivity contribution >= 4 is 6.21 Å².